The maximum absolute atomic E-state index is 12.5. The number of hydrogen-bond donors (Lipinski definition) is 0. The first-order valence-corrected chi connectivity index (χ1v) is 9.17. The normalized spacial score (nSPS) is 22.7. The SMILES string of the molecule is O=C(C1CCCC1)N1CCN(c2cc(Cl)nc(C3CC3)n2)CC1. The molecule has 0 N–H and O–H groups in total. The van der Waals surface area contributed by atoms with Crippen LogP contribution in [-0.2, 0) is 4.79 Å². The summed E-state index contributed by atoms with van der Waals surface area (Å²) in [5.41, 5.74) is 0. The molecule has 0 unspecified atom stereocenters. The number of anilines is 1. The zero-order valence-corrected chi connectivity index (χ0v) is 14.1. The summed E-state index contributed by atoms with van der Waals surface area (Å²) < 4.78 is 0. The van der Waals surface area contributed by atoms with Gasteiger partial charge in [-0.2, -0.15) is 0 Å². The summed E-state index contributed by atoms with van der Waals surface area (Å²) in [5, 5.41) is 0.529. The van der Waals surface area contributed by atoms with E-state index in [1.807, 2.05) is 11.0 Å². The zero-order valence-electron chi connectivity index (χ0n) is 13.4. The number of amides is 1. The summed E-state index contributed by atoms with van der Waals surface area (Å²) in [6, 6.07) is 1.85. The van der Waals surface area contributed by atoms with Crippen molar-refractivity contribution in [2.75, 3.05) is 31.1 Å². The number of piperazine rings is 1. The molecule has 1 amide bonds. The predicted octanol–water partition coefficient (Wildman–Crippen LogP) is 2.85. The van der Waals surface area contributed by atoms with Crippen LogP contribution in [0.1, 0.15) is 50.3 Å². The second kappa shape index (κ2) is 6.27. The molecule has 124 valence electrons. The van der Waals surface area contributed by atoms with Gasteiger partial charge in [0.1, 0.15) is 16.8 Å². The monoisotopic (exact) mass is 334 g/mol. The summed E-state index contributed by atoms with van der Waals surface area (Å²) >= 11 is 6.16. The van der Waals surface area contributed by atoms with Gasteiger partial charge >= 0.3 is 0 Å². The number of hydrogen-bond acceptors (Lipinski definition) is 4. The highest BCUT2D eigenvalue weighted by Gasteiger charge is 2.31. The molecule has 0 spiro atoms. The van der Waals surface area contributed by atoms with E-state index in [1.165, 1.54) is 25.7 Å². The Kier molecular flexibility index (Phi) is 4.14. The third-order valence-electron chi connectivity index (χ3n) is 5.26. The van der Waals surface area contributed by atoms with Crippen molar-refractivity contribution in [3.63, 3.8) is 0 Å². The van der Waals surface area contributed by atoms with E-state index < -0.39 is 0 Å². The average Bonchev–Trinajstić information content (AvgIpc) is 3.28. The van der Waals surface area contributed by atoms with Crippen LogP contribution in [0.3, 0.4) is 0 Å². The Labute approximate surface area is 142 Å². The molecule has 23 heavy (non-hydrogen) atoms. The van der Waals surface area contributed by atoms with Crippen molar-refractivity contribution in [2.45, 2.75) is 44.4 Å². The first-order chi connectivity index (χ1) is 11.2. The highest BCUT2D eigenvalue weighted by molar-refractivity contribution is 6.29. The molecule has 2 saturated carbocycles. The number of nitrogens with zero attached hydrogens (tertiary/aromatic N) is 4. The van der Waals surface area contributed by atoms with Gasteiger partial charge in [0.2, 0.25) is 5.91 Å². The van der Waals surface area contributed by atoms with E-state index in [2.05, 4.69) is 9.88 Å². The van der Waals surface area contributed by atoms with Gasteiger partial charge in [0, 0.05) is 44.1 Å². The van der Waals surface area contributed by atoms with Gasteiger partial charge in [0.05, 0.1) is 0 Å². The highest BCUT2D eigenvalue weighted by Crippen LogP contribution is 2.39. The number of carbonyl (C=O) groups excluding carboxylic acids is 1. The molecule has 0 atom stereocenters. The van der Waals surface area contributed by atoms with Gasteiger partial charge in [-0.25, -0.2) is 9.97 Å². The topological polar surface area (TPSA) is 49.3 Å². The lowest BCUT2D eigenvalue weighted by Gasteiger charge is -2.36. The van der Waals surface area contributed by atoms with Gasteiger partial charge in [-0.3, -0.25) is 4.79 Å². The van der Waals surface area contributed by atoms with Gasteiger partial charge in [0.25, 0.3) is 0 Å². The van der Waals surface area contributed by atoms with Gasteiger partial charge in [-0.15, -0.1) is 0 Å². The molecular formula is C17H23ClN4O. The van der Waals surface area contributed by atoms with Crippen LogP contribution in [0.15, 0.2) is 6.07 Å². The van der Waals surface area contributed by atoms with Gasteiger partial charge in [-0.05, 0) is 25.7 Å². The Bertz CT molecular complexity index is 590. The van der Waals surface area contributed by atoms with Crippen molar-refractivity contribution in [3.8, 4) is 0 Å². The van der Waals surface area contributed by atoms with Crippen molar-refractivity contribution < 1.29 is 4.79 Å². The summed E-state index contributed by atoms with van der Waals surface area (Å²) in [7, 11) is 0. The molecule has 3 aliphatic rings. The first-order valence-electron chi connectivity index (χ1n) is 8.79. The predicted molar refractivity (Wildman–Crippen MR) is 89.8 cm³/mol. The highest BCUT2D eigenvalue weighted by atomic mass is 35.5. The molecule has 3 fully saturated rings. The minimum Gasteiger partial charge on any atom is -0.353 e. The third kappa shape index (κ3) is 3.30. The van der Waals surface area contributed by atoms with Crippen LogP contribution in [0.5, 0.6) is 0 Å². The quantitative estimate of drug-likeness (QED) is 0.798. The molecule has 1 saturated heterocycles. The van der Waals surface area contributed by atoms with Crippen molar-refractivity contribution in [2.24, 2.45) is 5.92 Å². The van der Waals surface area contributed by atoms with Crippen LogP contribution in [0.25, 0.3) is 0 Å². The van der Waals surface area contributed by atoms with E-state index in [9.17, 15) is 4.79 Å². The van der Waals surface area contributed by atoms with Gasteiger partial charge in [-0.1, -0.05) is 24.4 Å². The fourth-order valence-electron chi connectivity index (χ4n) is 3.70. The smallest absolute Gasteiger partial charge is 0.225 e. The van der Waals surface area contributed by atoms with E-state index in [0.717, 1.165) is 50.7 Å². The molecule has 5 nitrogen and oxygen atoms in total. The Hall–Kier alpha value is -1.36. The van der Waals surface area contributed by atoms with Crippen molar-refractivity contribution in [1.82, 2.24) is 14.9 Å². The molecule has 2 aliphatic carbocycles. The van der Waals surface area contributed by atoms with Crippen LogP contribution < -0.4 is 4.90 Å². The molecule has 0 aromatic carbocycles. The molecule has 1 aliphatic heterocycles. The first kappa shape index (κ1) is 15.2. The summed E-state index contributed by atoms with van der Waals surface area (Å²) in [5.74, 6) is 2.94. The lowest BCUT2D eigenvalue weighted by molar-refractivity contribution is -0.135. The molecule has 0 bridgehead atoms. The number of aromatic nitrogens is 2. The molecular weight excluding hydrogens is 312 g/mol. The van der Waals surface area contributed by atoms with Crippen LogP contribution in [0.4, 0.5) is 5.82 Å². The van der Waals surface area contributed by atoms with Crippen LogP contribution in [-0.4, -0.2) is 47.0 Å². The van der Waals surface area contributed by atoms with Crippen molar-refractivity contribution in [1.29, 1.82) is 0 Å². The zero-order chi connectivity index (χ0) is 15.8. The molecule has 2 heterocycles. The molecule has 6 heteroatoms. The summed E-state index contributed by atoms with van der Waals surface area (Å²) in [6.45, 7) is 3.23. The van der Waals surface area contributed by atoms with Crippen molar-refractivity contribution >= 4 is 23.3 Å². The molecule has 1 aromatic rings. The van der Waals surface area contributed by atoms with Crippen molar-refractivity contribution in [3.05, 3.63) is 17.0 Å². The summed E-state index contributed by atoms with van der Waals surface area (Å²) in [6.07, 6.45) is 6.91. The fourth-order valence-corrected chi connectivity index (χ4v) is 3.88. The lowest BCUT2D eigenvalue weighted by Crippen LogP contribution is -2.50. The molecule has 4 rings (SSSR count). The summed E-state index contributed by atoms with van der Waals surface area (Å²) in [4.78, 5) is 25.8. The average molecular weight is 335 g/mol. The van der Waals surface area contributed by atoms with E-state index in [0.29, 0.717) is 17.0 Å². The number of carbonyl (C=O) groups is 1. The van der Waals surface area contributed by atoms with E-state index in [-0.39, 0.29) is 5.92 Å². The fraction of sp³-hybridized carbons (Fsp3) is 0.706. The van der Waals surface area contributed by atoms with Crippen LogP contribution in [0, 0.1) is 5.92 Å². The second-order valence-corrected chi connectivity index (χ2v) is 7.36. The van der Waals surface area contributed by atoms with Gasteiger partial charge in [0.15, 0.2) is 0 Å². The lowest BCUT2D eigenvalue weighted by atomic mass is 10.1. The molecule has 1 aromatic heterocycles. The molecule has 0 radical (unpaired) electrons. The van der Waals surface area contributed by atoms with Gasteiger partial charge < -0.3 is 9.80 Å². The number of rotatable bonds is 3. The third-order valence-corrected chi connectivity index (χ3v) is 5.45. The Morgan fingerprint density at radius 1 is 1.04 bits per heavy atom. The number of halogens is 1. The maximum atomic E-state index is 12.5. The van der Waals surface area contributed by atoms with E-state index in [4.69, 9.17) is 16.6 Å². The largest absolute Gasteiger partial charge is 0.353 e. The Morgan fingerprint density at radius 2 is 1.74 bits per heavy atom. The Balaban J connectivity index is 1.40. The standard InChI is InChI=1S/C17H23ClN4O/c18-14-11-15(20-16(19-14)12-5-6-12)21-7-9-22(10-8-21)17(23)13-3-1-2-4-13/h11-13H,1-10H2. The minimum atomic E-state index is 0.275. The van der Waals surface area contributed by atoms with Crippen LogP contribution >= 0.6 is 11.6 Å². The van der Waals surface area contributed by atoms with E-state index >= 15 is 0 Å². The maximum Gasteiger partial charge on any atom is 0.225 e. The van der Waals surface area contributed by atoms with E-state index in [1.54, 1.807) is 0 Å². The Morgan fingerprint density at radius 3 is 2.39 bits per heavy atom. The minimum absolute atomic E-state index is 0.275. The second-order valence-electron chi connectivity index (χ2n) is 6.98. The van der Waals surface area contributed by atoms with Crippen LogP contribution in [0.2, 0.25) is 5.15 Å².